The molecule has 1 heterocycles. The number of likely N-dealkylation sites (tertiary alicyclic amines) is 1. The topological polar surface area (TPSA) is 90.9 Å². The van der Waals surface area contributed by atoms with Crippen molar-refractivity contribution in [3.05, 3.63) is 65.2 Å². The van der Waals surface area contributed by atoms with Gasteiger partial charge in [0, 0.05) is 31.2 Å². The van der Waals surface area contributed by atoms with Crippen LogP contribution in [0.2, 0.25) is 0 Å². The minimum atomic E-state index is -0.931. The number of aliphatic hydroxyl groups is 1. The van der Waals surface area contributed by atoms with E-state index in [1.54, 1.807) is 45.2 Å². The molecule has 0 spiro atoms. The summed E-state index contributed by atoms with van der Waals surface area (Å²) in [5.41, 5.74) is 1.44. The molecule has 1 aliphatic rings. The molecule has 7 heteroatoms. The van der Waals surface area contributed by atoms with Crippen LogP contribution in [-0.4, -0.2) is 48.2 Å². The van der Waals surface area contributed by atoms with Gasteiger partial charge in [-0.2, -0.15) is 0 Å². The first-order chi connectivity index (χ1) is 14.8. The van der Waals surface area contributed by atoms with Crippen molar-refractivity contribution in [1.82, 2.24) is 15.5 Å². The largest absolute Gasteiger partial charge is 0.497 e. The molecule has 31 heavy (non-hydrogen) atoms. The van der Waals surface area contributed by atoms with Gasteiger partial charge in [0.25, 0.3) is 5.91 Å². The molecule has 0 saturated carbocycles. The maximum Gasteiger partial charge on any atom is 0.315 e. The summed E-state index contributed by atoms with van der Waals surface area (Å²) in [6.45, 7) is 5.06. The monoisotopic (exact) mass is 425 g/mol. The second-order valence-corrected chi connectivity index (χ2v) is 8.38. The summed E-state index contributed by atoms with van der Waals surface area (Å²) in [4.78, 5) is 26.8. The van der Waals surface area contributed by atoms with Crippen molar-refractivity contribution in [2.75, 3.05) is 20.2 Å². The van der Waals surface area contributed by atoms with Gasteiger partial charge in [-0.15, -0.1) is 0 Å². The van der Waals surface area contributed by atoms with E-state index in [1.165, 1.54) is 0 Å². The Hall–Kier alpha value is -3.06. The highest BCUT2D eigenvalue weighted by atomic mass is 16.5. The fourth-order valence-corrected chi connectivity index (χ4v) is 3.59. The van der Waals surface area contributed by atoms with Crippen molar-refractivity contribution in [1.29, 1.82) is 0 Å². The third kappa shape index (κ3) is 6.21. The first kappa shape index (κ1) is 22.6. The highest BCUT2D eigenvalue weighted by Gasteiger charge is 2.25. The number of hydrogen-bond acceptors (Lipinski definition) is 4. The van der Waals surface area contributed by atoms with Gasteiger partial charge >= 0.3 is 6.03 Å². The minimum absolute atomic E-state index is 0.0234. The lowest BCUT2D eigenvalue weighted by atomic mass is 9.97. The average molecular weight is 426 g/mol. The highest BCUT2D eigenvalue weighted by Crippen LogP contribution is 2.21. The molecule has 0 radical (unpaired) electrons. The molecule has 1 saturated heterocycles. The number of piperidine rings is 1. The van der Waals surface area contributed by atoms with E-state index in [-0.39, 0.29) is 18.0 Å². The second kappa shape index (κ2) is 9.83. The molecule has 1 fully saturated rings. The number of carbonyl (C=O) groups excluding carboxylic acids is 2. The van der Waals surface area contributed by atoms with E-state index in [1.807, 2.05) is 29.2 Å². The molecule has 3 amide bonds. The SMILES string of the molecule is COc1ccc(CNC(=O)NC2CCN(C(=O)c3ccc(C(C)(C)O)cc3)CC2)cc1. The zero-order chi connectivity index (χ0) is 22.4. The first-order valence-corrected chi connectivity index (χ1v) is 10.6. The van der Waals surface area contributed by atoms with Crippen LogP contribution < -0.4 is 15.4 Å². The zero-order valence-corrected chi connectivity index (χ0v) is 18.4. The molecular formula is C24H31N3O4. The van der Waals surface area contributed by atoms with E-state index in [4.69, 9.17) is 4.74 Å². The van der Waals surface area contributed by atoms with Crippen LogP contribution in [0.3, 0.4) is 0 Å². The van der Waals surface area contributed by atoms with E-state index >= 15 is 0 Å². The van der Waals surface area contributed by atoms with Crippen LogP contribution in [0.1, 0.15) is 48.2 Å². The number of methoxy groups -OCH3 is 1. The standard InChI is InChI=1S/C24H31N3O4/c1-24(2,30)19-8-6-18(7-9-19)22(28)27-14-12-20(13-15-27)26-23(29)25-16-17-4-10-21(31-3)11-5-17/h4-11,20,30H,12-16H2,1-3H3,(H2,25,26,29). The van der Waals surface area contributed by atoms with Gasteiger partial charge in [0.2, 0.25) is 0 Å². The van der Waals surface area contributed by atoms with Crippen LogP contribution >= 0.6 is 0 Å². The quantitative estimate of drug-likeness (QED) is 0.664. The summed E-state index contributed by atoms with van der Waals surface area (Å²) in [5.74, 6) is 0.757. The van der Waals surface area contributed by atoms with Gasteiger partial charge in [-0.05, 0) is 62.1 Å². The fraction of sp³-hybridized carbons (Fsp3) is 0.417. The molecule has 2 aromatic carbocycles. The molecule has 2 aromatic rings. The van der Waals surface area contributed by atoms with Gasteiger partial charge in [0.15, 0.2) is 0 Å². The van der Waals surface area contributed by atoms with Crippen molar-refractivity contribution in [2.24, 2.45) is 0 Å². The molecular weight excluding hydrogens is 394 g/mol. The summed E-state index contributed by atoms with van der Waals surface area (Å²) in [7, 11) is 1.62. The molecule has 0 aliphatic carbocycles. The van der Waals surface area contributed by atoms with Crippen LogP contribution in [0.4, 0.5) is 4.79 Å². The van der Waals surface area contributed by atoms with E-state index < -0.39 is 5.60 Å². The van der Waals surface area contributed by atoms with Crippen LogP contribution in [-0.2, 0) is 12.1 Å². The fourth-order valence-electron chi connectivity index (χ4n) is 3.59. The van der Waals surface area contributed by atoms with Gasteiger partial charge < -0.3 is 25.4 Å². The molecule has 1 aliphatic heterocycles. The Balaban J connectivity index is 1.43. The van der Waals surface area contributed by atoms with Gasteiger partial charge in [0.1, 0.15) is 5.75 Å². The number of hydrogen-bond donors (Lipinski definition) is 3. The molecule has 3 N–H and O–H groups in total. The molecule has 0 atom stereocenters. The number of urea groups is 1. The predicted octanol–water partition coefficient (Wildman–Crippen LogP) is 3.03. The maximum absolute atomic E-state index is 12.7. The predicted molar refractivity (Wildman–Crippen MR) is 119 cm³/mol. The van der Waals surface area contributed by atoms with Crippen LogP contribution in [0, 0.1) is 0 Å². The molecule has 7 nitrogen and oxygen atoms in total. The Morgan fingerprint density at radius 2 is 1.68 bits per heavy atom. The van der Waals surface area contributed by atoms with Crippen LogP contribution in [0.15, 0.2) is 48.5 Å². The lowest BCUT2D eigenvalue weighted by Crippen LogP contribution is -2.49. The summed E-state index contributed by atoms with van der Waals surface area (Å²) in [6, 6.07) is 14.5. The van der Waals surface area contributed by atoms with Gasteiger partial charge in [0.05, 0.1) is 12.7 Å². The Bertz CT molecular complexity index is 881. The van der Waals surface area contributed by atoms with E-state index in [9.17, 15) is 14.7 Å². The third-order valence-corrected chi connectivity index (χ3v) is 5.57. The molecule has 0 bridgehead atoms. The summed E-state index contributed by atoms with van der Waals surface area (Å²) in [5, 5.41) is 15.9. The van der Waals surface area contributed by atoms with Crippen LogP contribution in [0.5, 0.6) is 5.75 Å². The zero-order valence-electron chi connectivity index (χ0n) is 18.4. The Morgan fingerprint density at radius 3 is 2.23 bits per heavy atom. The van der Waals surface area contributed by atoms with Crippen LogP contribution in [0.25, 0.3) is 0 Å². The van der Waals surface area contributed by atoms with Gasteiger partial charge in [-0.3, -0.25) is 4.79 Å². The number of rotatable bonds is 6. The van der Waals surface area contributed by atoms with Crippen molar-refractivity contribution in [2.45, 2.75) is 44.9 Å². The van der Waals surface area contributed by atoms with Crippen molar-refractivity contribution in [3.63, 3.8) is 0 Å². The smallest absolute Gasteiger partial charge is 0.315 e. The number of benzene rings is 2. The van der Waals surface area contributed by atoms with E-state index in [0.29, 0.717) is 38.0 Å². The Morgan fingerprint density at radius 1 is 1.06 bits per heavy atom. The van der Waals surface area contributed by atoms with Crippen molar-refractivity contribution in [3.8, 4) is 5.75 Å². The van der Waals surface area contributed by atoms with Crippen molar-refractivity contribution < 1.29 is 19.4 Å². The summed E-state index contributed by atoms with van der Waals surface area (Å²) >= 11 is 0. The van der Waals surface area contributed by atoms with Gasteiger partial charge in [-0.25, -0.2) is 4.79 Å². The third-order valence-electron chi connectivity index (χ3n) is 5.57. The lowest BCUT2D eigenvalue weighted by Gasteiger charge is -2.32. The minimum Gasteiger partial charge on any atom is -0.497 e. The lowest BCUT2D eigenvalue weighted by molar-refractivity contribution is 0.0703. The number of carbonyl (C=O) groups is 2. The number of nitrogens with one attached hydrogen (secondary N) is 2. The molecule has 0 unspecified atom stereocenters. The van der Waals surface area contributed by atoms with Gasteiger partial charge in [-0.1, -0.05) is 24.3 Å². The summed E-state index contributed by atoms with van der Waals surface area (Å²) < 4.78 is 5.13. The Labute approximate surface area is 183 Å². The first-order valence-electron chi connectivity index (χ1n) is 10.6. The Kier molecular flexibility index (Phi) is 7.17. The average Bonchev–Trinajstić information content (AvgIpc) is 2.77. The molecule has 166 valence electrons. The molecule has 0 aromatic heterocycles. The number of ether oxygens (including phenoxy) is 1. The second-order valence-electron chi connectivity index (χ2n) is 8.38. The highest BCUT2D eigenvalue weighted by molar-refractivity contribution is 5.94. The van der Waals surface area contributed by atoms with E-state index in [0.717, 1.165) is 16.9 Å². The normalized spacial score (nSPS) is 14.8. The summed E-state index contributed by atoms with van der Waals surface area (Å²) in [6.07, 6.45) is 1.42. The molecule has 3 rings (SSSR count). The maximum atomic E-state index is 12.7. The van der Waals surface area contributed by atoms with E-state index in [2.05, 4.69) is 10.6 Å². The van der Waals surface area contributed by atoms with Crippen molar-refractivity contribution >= 4 is 11.9 Å². The number of amides is 3. The number of nitrogens with zero attached hydrogens (tertiary/aromatic N) is 1.